The lowest BCUT2D eigenvalue weighted by molar-refractivity contribution is 0.864. The zero-order valence-electron chi connectivity index (χ0n) is 6.54. The van der Waals surface area contributed by atoms with Gasteiger partial charge in [0.2, 0.25) is 0 Å². The Labute approximate surface area is 89.3 Å². The highest BCUT2D eigenvalue weighted by Crippen LogP contribution is 2.19. The van der Waals surface area contributed by atoms with Gasteiger partial charge in [0.25, 0.3) is 0 Å². The van der Waals surface area contributed by atoms with Crippen molar-refractivity contribution in [2.75, 3.05) is 0 Å². The molecule has 0 fully saturated rings. The van der Waals surface area contributed by atoms with E-state index in [0.717, 1.165) is 10.3 Å². The van der Waals surface area contributed by atoms with Gasteiger partial charge in [-0.3, -0.25) is 0 Å². The first-order valence-electron chi connectivity index (χ1n) is 3.65. The van der Waals surface area contributed by atoms with Crippen LogP contribution in [0.4, 0.5) is 0 Å². The first kappa shape index (κ1) is 8.78. The van der Waals surface area contributed by atoms with Crippen molar-refractivity contribution in [1.29, 1.82) is 0 Å². The van der Waals surface area contributed by atoms with E-state index in [4.69, 9.17) is 11.6 Å². The molecule has 2 aromatic rings. The maximum atomic E-state index is 5.97. The maximum absolute atomic E-state index is 5.97. The lowest BCUT2D eigenvalue weighted by atomic mass is 10.3. The van der Waals surface area contributed by atoms with Gasteiger partial charge in [0.15, 0.2) is 0 Å². The summed E-state index contributed by atoms with van der Waals surface area (Å²) < 4.78 is 2.35. The number of benzene rings is 1. The largest absolute Gasteiger partial charge is 0.229 e. The first-order valence-corrected chi connectivity index (χ1v) is 4.82. The minimum absolute atomic E-state index is 0.661. The van der Waals surface area contributed by atoms with E-state index in [1.165, 1.54) is 0 Å². The third-order valence-electron chi connectivity index (χ3n) is 1.58. The van der Waals surface area contributed by atoms with E-state index in [2.05, 4.69) is 27.2 Å². The molecule has 13 heavy (non-hydrogen) atoms. The Morgan fingerprint density at radius 2 is 2.15 bits per heavy atom. The number of hydrogen-bond acceptors (Lipinski definition) is 1. The Balaban J connectivity index is 2.52. The fourth-order valence-electron chi connectivity index (χ4n) is 1.01. The van der Waals surface area contributed by atoms with Crippen LogP contribution in [-0.4, -0.2) is 9.78 Å². The minimum atomic E-state index is 0.661. The van der Waals surface area contributed by atoms with Crippen LogP contribution in [0.5, 0.6) is 0 Å². The van der Waals surface area contributed by atoms with Gasteiger partial charge >= 0.3 is 0 Å². The van der Waals surface area contributed by atoms with Crippen LogP contribution in [0.15, 0.2) is 34.9 Å². The van der Waals surface area contributed by atoms with Gasteiger partial charge in [0.1, 0.15) is 4.60 Å². The Morgan fingerprint density at radius 1 is 1.38 bits per heavy atom. The summed E-state index contributed by atoms with van der Waals surface area (Å²) in [5.41, 5.74) is 0.829. The molecule has 0 N–H and O–H groups in total. The van der Waals surface area contributed by atoms with Crippen molar-refractivity contribution in [2.24, 2.45) is 0 Å². The molecule has 0 atom stereocenters. The maximum Gasteiger partial charge on any atom is 0.129 e. The summed E-state index contributed by atoms with van der Waals surface area (Å²) >= 11 is 9.22. The number of halogens is 2. The Hall–Kier alpha value is -0.800. The van der Waals surface area contributed by atoms with Crippen LogP contribution in [0, 0.1) is 6.20 Å². The van der Waals surface area contributed by atoms with E-state index in [-0.39, 0.29) is 0 Å². The molecule has 0 aliphatic rings. The highest BCUT2D eigenvalue weighted by atomic mass is 79.9. The number of nitrogens with zero attached hydrogens (tertiary/aromatic N) is 2. The number of aromatic nitrogens is 2. The topological polar surface area (TPSA) is 17.8 Å². The smallest absolute Gasteiger partial charge is 0.129 e. The summed E-state index contributed by atoms with van der Waals surface area (Å²) in [6, 6.07) is 9.23. The zero-order chi connectivity index (χ0) is 9.26. The third kappa shape index (κ3) is 1.76. The zero-order valence-corrected chi connectivity index (χ0v) is 8.88. The van der Waals surface area contributed by atoms with E-state index >= 15 is 0 Å². The van der Waals surface area contributed by atoms with Gasteiger partial charge in [-0.05, 0) is 28.1 Å². The van der Waals surface area contributed by atoms with Crippen molar-refractivity contribution in [1.82, 2.24) is 9.78 Å². The minimum Gasteiger partial charge on any atom is -0.229 e. The van der Waals surface area contributed by atoms with Gasteiger partial charge in [-0.2, -0.15) is 5.10 Å². The number of hydrogen-bond donors (Lipinski definition) is 0. The Kier molecular flexibility index (Phi) is 2.38. The second kappa shape index (κ2) is 3.52. The van der Waals surface area contributed by atoms with Crippen molar-refractivity contribution in [3.05, 3.63) is 46.2 Å². The third-order valence-corrected chi connectivity index (χ3v) is 2.29. The standard InChI is InChI=1S/C9H5BrClN2/c10-9-5-6-13(12-9)8-4-2-1-3-7(8)11/h1-5H. The lowest BCUT2D eigenvalue weighted by Crippen LogP contribution is -1.95. The van der Waals surface area contributed by atoms with Crippen molar-refractivity contribution >= 4 is 27.5 Å². The molecular weight excluding hydrogens is 251 g/mol. The molecule has 0 saturated carbocycles. The molecule has 0 amide bonds. The van der Waals surface area contributed by atoms with Crippen molar-refractivity contribution < 1.29 is 0 Å². The quantitative estimate of drug-likeness (QED) is 0.767. The van der Waals surface area contributed by atoms with E-state index in [1.807, 2.05) is 24.3 Å². The van der Waals surface area contributed by atoms with Crippen LogP contribution in [0.3, 0.4) is 0 Å². The van der Waals surface area contributed by atoms with Crippen molar-refractivity contribution in [3.63, 3.8) is 0 Å². The number of para-hydroxylation sites is 1. The number of rotatable bonds is 1. The summed E-state index contributed by atoms with van der Waals surface area (Å²) in [6.45, 7) is 0. The average molecular weight is 257 g/mol. The Bertz CT molecular complexity index is 425. The molecule has 0 spiro atoms. The lowest BCUT2D eigenvalue weighted by Gasteiger charge is -2.01. The van der Waals surface area contributed by atoms with Gasteiger partial charge in [0.05, 0.1) is 16.9 Å². The molecule has 0 bridgehead atoms. The molecule has 0 aliphatic heterocycles. The molecule has 1 aromatic heterocycles. The van der Waals surface area contributed by atoms with E-state index in [1.54, 1.807) is 10.7 Å². The Morgan fingerprint density at radius 3 is 2.77 bits per heavy atom. The monoisotopic (exact) mass is 255 g/mol. The highest BCUT2D eigenvalue weighted by Gasteiger charge is 2.02. The average Bonchev–Trinajstić information content (AvgIpc) is 2.53. The summed E-state index contributed by atoms with van der Waals surface area (Å²) in [4.78, 5) is 0. The molecule has 2 nitrogen and oxygen atoms in total. The van der Waals surface area contributed by atoms with Crippen molar-refractivity contribution in [3.8, 4) is 5.69 Å². The fraction of sp³-hybridized carbons (Fsp3) is 0. The predicted molar refractivity (Wildman–Crippen MR) is 55.1 cm³/mol. The van der Waals surface area contributed by atoms with Crippen LogP contribution in [0.1, 0.15) is 0 Å². The SMILES string of the molecule is Clc1ccccc1-n1[c]cc(Br)n1. The second-order valence-corrected chi connectivity index (χ2v) is 3.68. The molecule has 1 heterocycles. The summed E-state index contributed by atoms with van der Waals surface area (Å²) in [7, 11) is 0. The first-order chi connectivity index (χ1) is 6.27. The van der Waals surface area contributed by atoms with Crippen LogP contribution in [-0.2, 0) is 0 Å². The second-order valence-electron chi connectivity index (χ2n) is 2.46. The van der Waals surface area contributed by atoms with Gasteiger partial charge in [-0.25, -0.2) is 4.68 Å². The summed E-state index contributed by atoms with van der Waals surface area (Å²) in [6.07, 6.45) is 2.94. The van der Waals surface area contributed by atoms with E-state index in [0.29, 0.717) is 5.02 Å². The predicted octanol–water partition coefficient (Wildman–Crippen LogP) is 3.09. The summed E-state index contributed by atoms with van der Waals surface area (Å²) in [5.74, 6) is 0. The molecule has 4 heteroatoms. The van der Waals surface area contributed by atoms with Gasteiger partial charge < -0.3 is 0 Å². The van der Waals surface area contributed by atoms with Gasteiger partial charge in [-0.1, -0.05) is 23.7 Å². The van der Waals surface area contributed by atoms with Crippen LogP contribution >= 0.6 is 27.5 Å². The molecular formula is C9H5BrClN2. The fourth-order valence-corrected chi connectivity index (χ4v) is 1.49. The van der Waals surface area contributed by atoms with E-state index < -0.39 is 0 Å². The van der Waals surface area contributed by atoms with Gasteiger partial charge in [-0.15, -0.1) is 0 Å². The van der Waals surface area contributed by atoms with Crippen LogP contribution < -0.4 is 0 Å². The molecule has 1 radical (unpaired) electrons. The normalized spacial score (nSPS) is 10.3. The molecule has 2 rings (SSSR count). The molecule has 0 unspecified atom stereocenters. The highest BCUT2D eigenvalue weighted by molar-refractivity contribution is 9.10. The summed E-state index contributed by atoms with van der Waals surface area (Å²) in [5, 5.41) is 4.80. The van der Waals surface area contributed by atoms with Crippen LogP contribution in [0.25, 0.3) is 5.69 Å². The van der Waals surface area contributed by atoms with E-state index in [9.17, 15) is 0 Å². The van der Waals surface area contributed by atoms with Crippen LogP contribution in [0.2, 0.25) is 5.02 Å². The molecule has 0 saturated heterocycles. The van der Waals surface area contributed by atoms with Gasteiger partial charge in [0, 0.05) is 6.07 Å². The molecule has 65 valence electrons. The van der Waals surface area contributed by atoms with Crippen molar-refractivity contribution in [2.45, 2.75) is 0 Å². The molecule has 1 aromatic carbocycles. The molecule has 0 aliphatic carbocycles.